The minimum absolute atomic E-state index is 0.00115. The van der Waals surface area contributed by atoms with E-state index in [1.54, 1.807) is 6.92 Å². The summed E-state index contributed by atoms with van der Waals surface area (Å²) in [5, 5.41) is -0.197. The first-order valence-corrected chi connectivity index (χ1v) is 10.7. The highest BCUT2D eigenvalue weighted by Gasteiger charge is 2.50. The lowest BCUT2D eigenvalue weighted by Crippen LogP contribution is -2.38. The Labute approximate surface area is 157 Å². The molecule has 142 valence electrons. The minimum atomic E-state index is -4.58. The van der Waals surface area contributed by atoms with Crippen molar-refractivity contribution < 1.29 is 26.4 Å². The molecule has 1 aromatic carbocycles. The molecular formula is C15H14ClF3N2O3S2. The standard InChI is InChI=1S/C15H14ClF3N2O3S2/c1-2-13(22)20-14-21(11-6-26(23,24)7-12(11)25-14)10-5-8(15(17,18)19)3-4-9(10)16/h3-5,11-12H,2,6-7H2,1H3/t11-,12-/m1/s1. The number of fused-ring (bicyclic) bond motifs is 1. The van der Waals surface area contributed by atoms with E-state index in [0.29, 0.717) is 0 Å². The van der Waals surface area contributed by atoms with Gasteiger partial charge in [0.25, 0.3) is 0 Å². The molecule has 0 spiro atoms. The Hall–Kier alpha value is -1.26. The number of nitrogens with zero attached hydrogens (tertiary/aromatic N) is 2. The second-order valence-electron chi connectivity index (χ2n) is 5.98. The molecule has 2 atom stereocenters. The van der Waals surface area contributed by atoms with Gasteiger partial charge >= 0.3 is 6.18 Å². The van der Waals surface area contributed by atoms with Crippen LogP contribution in [0.2, 0.25) is 5.02 Å². The lowest BCUT2D eigenvalue weighted by atomic mass is 10.1. The van der Waals surface area contributed by atoms with Gasteiger partial charge in [0.1, 0.15) is 0 Å². The number of rotatable bonds is 2. The second-order valence-corrected chi connectivity index (χ2v) is 9.74. The normalized spacial score (nSPS) is 26.3. The second kappa shape index (κ2) is 6.72. The number of sulfone groups is 1. The molecule has 0 aliphatic carbocycles. The van der Waals surface area contributed by atoms with E-state index in [2.05, 4.69) is 4.99 Å². The largest absolute Gasteiger partial charge is 0.416 e. The van der Waals surface area contributed by atoms with Gasteiger partial charge in [-0.05, 0) is 18.2 Å². The van der Waals surface area contributed by atoms with Crippen LogP contribution >= 0.6 is 23.4 Å². The zero-order valence-electron chi connectivity index (χ0n) is 13.5. The number of amides is 1. The predicted molar refractivity (Wildman–Crippen MR) is 95.5 cm³/mol. The molecule has 2 aliphatic heterocycles. The average Bonchev–Trinajstić information content (AvgIpc) is 2.97. The minimum Gasteiger partial charge on any atom is -0.314 e. The summed E-state index contributed by atoms with van der Waals surface area (Å²) in [6, 6.07) is 2.21. The van der Waals surface area contributed by atoms with Crippen LogP contribution in [-0.4, -0.2) is 42.3 Å². The molecule has 0 radical (unpaired) electrons. The van der Waals surface area contributed by atoms with Gasteiger partial charge < -0.3 is 4.90 Å². The maximum atomic E-state index is 13.1. The van der Waals surface area contributed by atoms with Crippen LogP contribution in [0.1, 0.15) is 18.9 Å². The fourth-order valence-electron chi connectivity index (χ4n) is 2.91. The van der Waals surface area contributed by atoms with Crippen molar-refractivity contribution in [3.8, 4) is 0 Å². The maximum Gasteiger partial charge on any atom is 0.416 e. The fourth-order valence-corrected chi connectivity index (χ4v) is 7.04. The van der Waals surface area contributed by atoms with Crippen molar-refractivity contribution in [2.24, 2.45) is 4.99 Å². The summed E-state index contributed by atoms with van der Waals surface area (Å²) in [6.07, 6.45) is -4.45. The van der Waals surface area contributed by atoms with Gasteiger partial charge in [-0.15, -0.1) is 0 Å². The number of halogens is 4. The van der Waals surface area contributed by atoms with E-state index in [9.17, 15) is 26.4 Å². The van der Waals surface area contributed by atoms with Crippen molar-refractivity contribution >= 4 is 50.0 Å². The number of benzene rings is 1. The summed E-state index contributed by atoms with van der Waals surface area (Å²) in [7, 11) is -3.32. The number of alkyl halides is 3. The number of carbonyl (C=O) groups excluding carboxylic acids is 1. The van der Waals surface area contributed by atoms with Crippen LogP contribution in [0.5, 0.6) is 0 Å². The SMILES string of the molecule is CCC(=O)N=C1S[C@@H]2CS(=O)(=O)C[C@H]2N1c1cc(C(F)(F)F)ccc1Cl. The molecule has 26 heavy (non-hydrogen) atoms. The van der Waals surface area contributed by atoms with E-state index < -0.39 is 38.8 Å². The van der Waals surface area contributed by atoms with Gasteiger partial charge in [-0.3, -0.25) is 4.79 Å². The Balaban J connectivity index is 2.11. The van der Waals surface area contributed by atoms with Gasteiger partial charge in [0.05, 0.1) is 33.8 Å². The average molecular weight is 427 g/mol. The van der Waals surface area contributed by atoms with Crippen molar-refractivity contribution in [2.45, 2.75) is 30.8 Å². The molecular weight excluding hydrogens is 413 g/mol. The first-order valence-electron chi connectivity index (χ1n) is 7.66. The lowest BCUT2D eigenvalue weighted by Gasteiger charge is -2.26. The molecule has 5 nitrogen and oxygen atoms in total. The summed E-state index contributed by atoms with van der Waals surface area (Å²) in [5.74, 6) is -0.783. The predicted octanol–water partition coefficient (Wildman–Crippen LogP) is 3.37. The highest BCUT2D eigenvalue weighted by Crippen LogP contribution is 2.44. The summed E-state index contributed by atoms with van der Waals surface area (Å²) in [4.78, 5) is 17.1. The number of thioether (sulfide) groups is 1. The molecule has 3 rings (SSSR count). The van der Waals surface area contributed by atoms with Crippen LogP contribution in [0.15, 0.2) is 23.2 Å². The first-order chi connectivity index (χ1) is 12.0. The topological polar surface area (TPSA) is 66.8 Å². The summed E-state index contributed by atoms with van der Waals surface area (Å²) in [5.41, 5.74) is -0.909. The van der Waals surface area contributed by atoms with E-state index in [-0.39, 0.29) is 33.8 Å². The number of carbonyl (C=O) groups is 1. The van der Waals surface area contributed by atoms with Gasteiger partial charge in [-0.1, -0.05) is 30.3 Å². The summed E-state index contributed by atoms with van der Waals surface area (Å²) >= 11 is 7.20. The quantitative estimate of drug-likeness (QED) is 0.725. The van der Waals surface area contributed by atoms with Crippen LogP contribution in [0.25, 0.3) is 0 Å². The Bertz CT molecular complexity index is 887. The number of anilines is 1. The smallest absolute Gasteiger partial charge is 0.314 e. The maximum absolute atomic E-state index is 13.1. The van der Waals surface area contributed by atoms with Crippen molar-refractivity contribution in [2.75, 3.05) is 16.4 Å². The zero-order chi connectivity index (χ0) is 19.3. The molecule has 0 bridgehead atoms. The number of aliphatic imine (C=N–C) groups is 1. The van der Waals surface area contributed by atoms with Gasteiger partial charge in [0.2, 0.25) is 5.91 Å². The zero-order valence-corrected chi connectivity index (χ0v) is 15.8. The van der Waals surface area contributed by atoms with Crippen molar-refractivity contribution in [1.82, 2.24) is 0 Å². The molecule has 2 fully saturated rings. The highest BCUT2D eigenvalue weighted by atomic mass is 35.5. The Kier molecular flexibility index (Phi) is 5.04. The highest BCUT2D eigenvalue weighted by molar-refractivity contribution is 8.16. The molecule has 0 aromatic heterocycles. The number of amidine groups is 1. The third-order valence-corrected chi connectivity index (χ3v) is 7.65. The molecule has 0 saturated carbocycles. The van der Waals surface area contributed by atoms with Crippen LogP contribution < -0.4 is 4.90 Å². The Morgan fingerprint density at radius 2 is 2.08 bits per heavy atom. The van der Waals surface area contributed by atoms with E-state index in [1.807, 2.05) is 0 Å². The van der Waals surface area contributed by atoms with Crippen molar-refractivity contribution in [3.05, 3.63) is 28.8 Å². The summed E-state index contributed by atoms with van der Waals surface area (Å²) in [6.45, 7) is 1.61. The van der Waals surface area contributed by atoms with E-state index in [4.69, 9.17) is 11.6 Å². The molecule has 0 N–H and O–H groups in total. The lowest BCUT2D eigenvalue weighted by molar-refractivity contribution is -0.137. The van der Waals surface area contributed by atoms with Crippen LogP contribution in [0, 0.1) is 0 Å². The fraction of sp³-hybridized carbons (Fsp3) is 0.467. The number of hydrogen-bond donors (Lipinski definition) is 0. The van der Waals surface area contributed by atoms with Crippen LogP contribution in [-0.2, 0) is 20.8 Å². The first kappa shape index (κ1) is 19.5. The van der Waals surface area contributed by atoms with Crippen molar-refractivity contribution in [1.29, 1.82) is 0 Å². The molecule has 2 saturated heterocycles. The van der Waals surface area contributed by atoms with Crippen molar-refractivity contribution in [3.63, 3.8) is 0 Å². The van der Waals surface area contributed by atoms with Crippen LogP contribution in [0.4, 0.5) is 18.9 Å². The Morgan fingerprint density at radius 1 is 1.38 bits per heavy atom. The molecule has 1 amide bonds. The summed E-state index contributed by atoms with van der Waals surface area (Å²) < 4.78 is 63.2. The third kappa shape index (κ3) is 3.72. The van der Waals surface area contributed by atoms with E-state index >= 15 is 0 Å². The van der Waals surface area contributed by atoms with E-state index in [0.717, 1.165) is 30.0 Å². The van der Waals surface area contributed by atoms with Gasteiger partial charge in [-0.2, -0.15) is 18.2 Å². The molecule has 2 heterocycles. The third-order valence-electron chi connectivity index (χ3n) is 4.12. The van der Waals surface area contributed by atoms with Gasteiger partial charge in [0.15, 0.2) is 15.0 Å². The molecule has 11 heteroatoms. The van der Waals surface area contributed by atoms with Crippen LogP contribution in [0.3, 0.4) is 0 Å². The van der Waals surface area contributed by atoms with Gasteiger partial charge in [0, 0.05) is 11.7 Å². The monoisotopic (exact) mass is 426 g/mol. The Morgan fingerprint density at radius 3 is 2.69 bits per heavy atom. The number of hydrogen-bond acceptors (Lipinski definition) is 4. The van der Waals surface area contributed by atoms with E-state index in [1.165, 1.54) is 4.90 Å². The molecule has 1 aromatic rings. The molecule has 2 aliphatic rings. The van der Waals surface area contributed by atoms with Gasteiger partial charge in [-0.25, -0.2) is 8.42 Å². The molecule has 0 unspecified atom stereocenters.